The van der Waals surface area contributed by atoms with E-state index >= 15 is 0 Å². The van der Waals surface area contributed by atoms with Crippen LogP contribution in [0, 0.1) is 79.8 Å². The van der Waals surface area contributed by atoms with Gasteiger partial charge in [0.15, 0.2) is 10.8 Å². The van der Waals surface area contributed by atoms with Crippen molar-refractivity contribution in [3.05, 3.63) is 12.2 Å². The highest BCUT2D eigenvalue weighted by Crippen LogP contribution is 2.69. The molecule has 27 heavy (non-hydrogen) atoms. The highest BCUT2D eigenvalue weighted by atomic mass is 16.7. The first-order chi connectivity index (χ1) is 13.0. The number of nitrogens with zero attached hydrogens (tertiary/aromatic N) is 3. The highest BCUT2D eigenvalue weighted by molar-refractivity contribution is 5.89. The molecule has 2 saturated carbocycles. The minimum atomic E-state index is -1.72. The summed E-state index contributed by atoms with van der Waals surface area (Å²) in [6, 6.07) is 6.66. The van der Waals surface area contributed by atoms with Gasteiger partial charge in [0.1, 0.15) is 0 Å². The smallest absolute Gasteiger partial charge is 0.217 e. The van der Waals surface area contributed by atoms with Crippen molar-refractivity contribution < 1.29 is 9.47 Å². The maximum atomic E-state index is 10.3. The Morgan fingerprint density at radius 1 is 1.11 bits per heavy atom. The van der Waals surface area contributed by atoms with Gasteiger partial charge in [-0.15, -0.1) is 0 Å². The maximum absolute atomic E-state index is 10.3. The summed E-state index contributed by atoms with van der Waals surface area (Å²) in [5.41, 5.74) is -3.27. The van der Waals surface area contributed by atoms with Crippen LogP contribution in [0.5, 0.6) is 0 Å². The number of fused-ring (bicyclic) bond motifs is 2. The normalized spacial score (nSPS) is 51.0. The Hall–Kier alpha value is -2.36. The van der Waals surface area contributed by atoms with Gasteiger partial charge in [0.2, 0.25) is 11.7 Å². The van der Waals surface area contributed by atoms with Gasteiger partial charge >= 0.3 is 0 Å². The monoisotopic (exact) mass is 362 g/mol. The fourth-order valence-electron chi connectivity index (χ4n) is 6.63. The average Bonchev–Trinajstić information content (AvgIpc) is 3.34. The van der Waals surface area contributed by atoms with Crippen LogP contribution >= 0.6 is 0 Å². The van der Waals surface area contributed by atoms with Crippen LogP contribution in [0.2, 0.25) is 0 Å². The number of hydrogen-bond donors (Lipinski definition) is 1. The number of rotatable bonds is 1. The molecule has 0 spiro atoms. The lowest BCUT2D eigenvalue weighted by Gasteiger charge is -2.54. The van der Waals surface area contributed by atoms with Crippen molar-refractivity contribution in [2.24, 2.45) is 40.4 Å². The van der Waals surface area contributed by atoms with E-state index in [1.54, 1.807) is 0 Å². The lowest BCUT2D eigenvalue weighted by molar-refractivity contribution is -0.306. The van der Waals surface area contributed by atoms with E-state index in [9.17, 15) is 15.8 Å². The van der Waals surface area contributed by atoms with Crippen LogP contribution in [0.15, 0.2) is 12.2 Å². The number of allylic oxidation sites excluding steroid dienone is 2. The molecule has 4 bridgehead atoms. The van der Waals surface area contributed by atoms with Crippen molar-refractivity contribution in [3.63, 3.8) is 0 Å². The molecular weight excluding hydrogens is 340 g/mol. The van der Waals surface area contributed by atoms with E-state index in [2.05, 4.69) is 37.3 Å². The number of ether oxygens (including phenoxy) is 2. The SMILES string of the molecule is CC1CCC23OC(=N)C(C#N)(C2C1)C(C#N)(C#N)C(C1CC2C=CC1C2)O3. The molecule has 8 unspecified atom stereocenters. The third-order valence-electron chi connectivity index (χ3n) is 7.93. The topological polar surface area (TPSA) is 114 Å². The van der Waals surface area contributed by atoms with Crippen LogP contribution in [0.3, 0.4) is 0 Å². The van der Waals surface area contributed by atoms with Crippen molar-refractivity contribution >= 4 is 5.90 Å². The van der Waals surface area contributed by atoms with Crippen molar-refractivity contribution in [2.75, 3.05) is 0 Å². The van der Waals surface area contributed by atoms with Crippen LogP contribution in [0.4, 0.5) is 0 Å². The second kappa shape index (κ2) is 5.12. The van der Waals surface area contributed by atoms with E-state index in [1.807, 2.05) is 0 Å². The standard InChI is InChI=1S/C21H22N4O2/c1-12-4-5-21-16(6-12)20(11-24,18(25)27-21)19(9-22,10-23)17(26-21)15-8-13-2-3-14(15)7-13/h2-3,12-17,25H,4-8H2,1H3. The lowest BCUT2D eigenvalue weighted by Crippen LogP contribution is -2.65. The largest absolute Gasteiger partial charge is 0.447 e. The zero-order chi connectivity index (χ0) is 19.0. The van der Waals surface area contributed by atoms with Crippen LogP contribution in [-0.4, -0.2) is 17.8 Å². The zero-order valence-electron chi connectivity index (χ0n) is 15.3. The minimum absolute atomic E-state index is 0.0127. The number of nitrogens with one attached hydrogen (secondary N) is 1. The van der Waals surface area contributed by atoms with Gasteiger partial charge < -0.3 is 9.47 Å². The predicted octanol–water partition coefficient (Wildman–Crippen LogP) is 3.28. The molecule has 5 aliphatic rings. The molecule has 0 radical (unpaired) electrons. The Kier molecular flexibility index (Phi) is 3.18. The molecule has 8 atom stereocenters. The minimum Gasteiger partial charge on any atom is -0.447 e. The Balaban J connectivity index is 1.71. The molecule has 0 aromatic carbocycles. The quantitative estimate of drug-likeness (QED) is 0.719. The van der Waals surface area contributed by atoms with Gasteiger partial charge in [-0.2, -0.15) is 15.8 Å². The van der Waals surface area contributed by atoms with Crippen LogP contribution in [0.25, 0.3) is 0 Å². The first-order valence-corrected chi connectivity index (χ1v) is 9.84. The second-order valence-electron chi connectivity index (χ2n) is 9.11. The van der Waals surface area contributed by atoms with Crippen molar-refractivity contribution in [2.45, 2.75) is 50.9 Å². The summed E-state index contributed by atoms with van der Waals surface area (Å²) in [6.45, 7) is 2.11. The van der Waals surface area contributed by atoms with Gasteiger partial charge in [-0.05, 0) is 49.4 Å². The summed E-state index contributed by atoms with van der Waals surface area (Å²) in [5.74, 6) is -0.654. The fraction of sp³-hybridized carbons (Fsp3) is 0.714. The van der Waals surface area contributed by atoms with E-state index in [0.717, 1.165) is 19.3 Å². The highest BCUT2D eigenvalue weighted by Gasteiger charge is 2.81. The molecule has 2 aliphatic heterocycles. The van der Waals surface area contributed by atoms with Crippen LogP contribution in [0.1, 0.15) is 39.0 Å². The second-order valence-corrected chi connectivity index (χ2v) is 9.11. The summed E-state index contributed by atoms with van der Waals surface area (Å²) in [5, 5.41) is 39.4. The zero-order valence-corrected chi connectivity index (χ0v) is 15.3. The molecule has 6 nitrogen and oxygen atoms in total. The molecular formula is C21H22N4O2. The third kappa shape index (κ3) is 1.70. The van der Waals surface area contributed by atoms with Crippen molar-refractivity contribution in [3.8, 4) is 18.2 Å². The summed E-state index contributed by atoms with van der Waals surface area (Å²) < 4.78 is 12.5. The summed E-state index contributed by atoms with van der Waals surface area (Å²) in [6.07, 6.45) is 7.67. The molecule has 0 aromatic rings. The lowest BCUT2D eigenvalue weighted by atomic mass is 9.49. The Morgan fingerprint density at radius 2 is 1.89 bits per heavy atom. The molecule has 138 valence electrons. The number of hydrogen-bond acceptors (Lipinski definition) is 6. The maximum Gasteiger partial charge on any atom is 0.217 e. The molecule has 1 N–H and O–H groups in total. The molecule has 4 fully saturated rings. The van der Waals surface area contributed by atoms with Crippen LogP contribution in [-0.2, 0) is 9.47 Å². The Labute approximate surface area is 158 Å². The molecule has 2 saturated heterocycles. The fourth-order valence-corrected chi connectivity index (χ4v) is 6.63. The predicted molar refractivity (Wildman–Crippen MR) is 93.5 cm³/mol. The van der Waals surface area contributed by atoms with E-state index < -0.39 is 28.6 Å². The third-order valence-corrected chi connectivity index (χ3v) is 7.93. The van der Waals surface area contributed by atoms with E-state index in [-0.39, 0.29) is 17.7 Å². The first kappa shape index (κ1) is 16.8. The molecule has 2 heterocycles. The molecule has 0 aromatic heterocycles. The van der Waals surface area contributed by atoms with Crippen molar-refractivity contribution in [1.29, 1.82) is 21.2 Å². The van der Waals surface area contributed by atoms with Gasteiger partial charge in [-0.3, -0.25) is 5.41 Å². The average molecular weight is 362 g/mol. The van der Waals surface area contributed by atoms with Crippen LogP contribution < -0.4 is 0 Å². The summed E-state index contributed by atoms with van der Waals surface area (Å²) in [7, 11) is 0. The van der Waals surface area contributed by atoms with E-state index in [0.29, 0.717) is 24.7 Å². The van der Waals surface area contributed by atoms with Gasteiger partial charge in [-0.1, -0.05) is 19.1 Å². The molecule has 5 rings (SSSR count). The molecule has 0 amide bonds. The van der Waals surface area contributed by atoms with E-state index in [1.165, 1.54) is 0 Å². The molecule has 3 aliphatic carbocycles. The summed E-state index contributed by atoms with van der Waals surface area (Å²) >= 11 is 0. The van der Waals surface area contributed by atoms with Gasteiger partial charge in [-0.25, -0.2) is 0 Å². The van der Waals surface area contributed by atoms with Gasteiger partial charge in [0.25, 0.3) is 0 Å². The van der Waals surface area contributed by atoms with Crippen molar-refractivity contribution in [1.82, 2.24) is 0 Å². The van der Waals surface area contributed by atoms with E-state index in [4.69, 9.17) is 14.9 Å². The Bertz CT molecular complexity index is 862. The van der Waals surface area contributed by atoms with Gasteiger partial charge in [0.05, 0.1) is 30.2 Å². The Morgan fingerprint density at radius 3 is 2.48 bits per heavy atom. The summed E-state index contributed by atoms with van der Waals surface area (Å²) in [4.78, 5) is 0. The first-order valence-electron chi connectivity index (χ1n) is 9.84. The molecule has 6 heteroatoms. The number of nitriles is 3. The van der Waals surface area contributed by atoms with Gasteiger partial charge in [0, 0.05) is 6.42 Å².